The van der Waals surface area contributed by atoms with E-state index in [4.69, 9.17) is 9.47 Å². The van der Waals surface area contributed by atoms with Crippen LogP contribution in [-0.2, 0) is 14.8 Å². The van der Waals surface area contributed by atoms with Gasteiger partial charge in [-0.1, -0.05) is 0 Å². The van der Waals surface area contributed by atoms with Gasteiger partial charge in [-0.05, 0) is 12.1 Å². The van der Waals surface area contributed by atoms with Gasteiger partial charge in [0.15, 0.2) is 0 Å². The van der Waals surface area contributed by atoms with Crippen LogP contribution in [0.5, 0.6) is 11.5 Å². The van der Waals surface area contributed by atoms with Crippen molar-refractivity contribution in [3.05, 3.63) is 18.2 Å². The van der Waals surface area contributed by atoms with Gasteiger partial charge in [-0.3, -0.25) is 4.72 Å². The average molecular weight is 356 g/mol. The third kappa shape index (κ3) is 3.18. The second-order valence-electron chi connectivity index (χ2n) is 5.07. The quantitative estimate of drug-likeness (QED) is 0.752. The van der Waals surface area contributed by atoms with E-state index in [2.05, 4.69) is 4.72 Å². The molecule has 24 heavy (non-hydrogen) atoms. The number of carbonyl (C=O) groups excluding carboxylic acids is 2. The molecule has 10 heteroatoms. The van der Waals surface area contributed by atoms with Gasteiger partial charge in [0, 0.05) is 6.07 Å². The first-order chi connectivity index (χ1) is 11.2. The highest BCUT2D eigenvalue weighted by Crippen LogP contribution is 2.30. The summed E-state index contributed by atoms with van der Waals surface area (Å²) in [4.78, 5) is 24.6. The van der Waals surface area contributed by atoms with Gasteiger partial charge in [-0.15, -0.1) is 0 Å². The molecule has 0 fully saturated rings. The summed E-state index contributed by atoms with van der Waals surface area (Å²) < 4.78 is 38.8. The Morgan fingerprint density at radius 1 is 1.21 bits per heavy atom. The molecule has 1 heterocycles. The zero-order chi connectivity index (χ0) is 18.1. The Morgan fingerprint density at radius 2 is 1.88 bits per heavy atom. The number of carbonyl (C=O) groups is 2. The van der Waals surface area contributed by atoms with Crippen LogP contribution in [0.15, 0.2) is 18.2 Å². The number of rotatable bonds is 5. The maximum Gasteiger partial charge on any atom is 0.500 e. The molecule has 130 valence electrons. The molecule has 0 radical (unpaired) electrons. The molecule has 3 amide bonds. The van der Waals surface area contributed by atoms with E-state index in [1.54, 1.807) is 6.07 Å². The molecule has 1 aliphatic rings. The topological polar surface area (TPSA) is 105 Å². The van der Waals surface area contributed by atoms with Gasteiger partial charge in [-0.2, -0.15) is 9.69 Å². The van der Waals surface area contributed by atoms with Crippen LogP contribution >= 0.6 is 0 Å². The molecule has 0 bridgehead atoms. The van der Waals surface area contributed by atoms with Gasteiger partial charge in [0.25, 0.3) is 10.0 Å². The lowest BCUT2D eigenvalue weighted by molar-refractivity contribution is -0.399. The van der Waals surface area contributed by atoms with Crippen molar-refractivity contribution in [1.29, 1.82) is 0 Å². The van der Waals surface area contributed by atoms with Crippen molar-refractivity contribution in [2.24, 2.45) is 0 Å². The third-order valence-electron chi connectivity index (χ3n) is 3.51. The molecular formula is C14H18N3O6S+. The average Bonchev–Trinajstić information content (AvgIpc) is 2.55. The molecule has 0 saturated carbocycles. The largest absolute Gasteiger partial charge is 0.500 e. The molecule has 1 aliphatic heterocycles. The van der Waals surface area contributed by atoms with Crippen molar-refractivity contribution in [1.82, 2.24) is 4.90 Å². The zero-order valence-electron chi connectivity index (χ0n) is 13.6. The second kappa shape index (κ2) is 6.48. The Morgan fingerprint density at radius 3 is 2.46 bits per heavy atom. The SMILES string of the molecule is COc1ccc(OC)c(NS(=O)(=O)C2C=[N+](C)C(=O)N(C)C2=O)c1. The van der Waals surface area contributed by atoms with Crippen LogP contribution in [0.25, 0.3) is 0 Å². The minimum absolute atomic E-state index is 0.125. The van der Waals surface area contributed by atoms with E-state index < -0.39 is 27.2 Å². The lowest BCUT2D eigenvalue weighted by atomic mass is 10.3. The number of hydrogen-bond acceptors (Lipinski definition) is 6. The fourth-order valence-corrected chi connectivity index (χ4v) is 3.54. The Kier molecular flexibility index (Phi) is 4.78. The number of ether oxygens (including phenoxy) is 2. The number of nitrogens with zero attached hydrogens (tertiary/aromatic N) is 2. The molecule has 1 N–H and O–H groups in total. The van der Waals surface area contributed by atoms with Gasteiger partial charge >= 0.3 is 11.9 Å². The molecule has 1 unspecified atom stereocenters. The maximum atomic E-state index is 12.6. The van der Waals surface area contributed by atoms with Crippen molar-refractivity contribution in [3.8, 4) is 11.5 Å². The molecule has 0 aliphatic carbocycles. The van der Waals surface area contributed by atoms with Gasteiger partial charge < -0.3 is 9.47 Å². The van der Waals surface area contributed by atoms with Crippen LogP contribution in [0.4, 0.5) is 10.5 Å². The molecule has 0 spiro atoms. The van der Waals surface area contributed by atoms with Crippen LogP contribution in [0, 0.1) is 0 Å². The highest BCUT2D eigenvalue weighted by atomic mass is 32.2. The summed E-state index contributed by atoms with van der Waals surface area (Å²) in [5.74, 6) is -0.162. The Hall–Kier alpha value is -2.62. The highest BCUT2D eigenvalue weighted by Gasteiger charge is 2.46. The summed E-state index contributed by atoms with van der Waals surface area (Å²) in [6.45, 7) is 0. The van der Waals surface area contributed by atoms with Crippen molar-refractivity contribution in [3.63, 3.8) is 0 Å². The molecule has 9 nitrogen and oxygen atoms in total. The maximum absolute atomic E-state index is 12.6. The number of benzene rings is 1. The van der Waals surface area contributed by atoms with Crippen molar-refractivity contribution in [2.75, 3.05) is 33.0 Å². The number of methoxy groups -OCH3 is 2. The fourth-order valence-electron chi connectivity index (χ4n) is 2.18. The summed E-state index contributed by atoms with van der Waals surface area (Å²) in [7, 11) is 1.27. The number of nitrogens with one attached hydrogen (secondary N) is 1. The standard InChI is InChI=1S/C14H18N3O6S/c1-16-8-12(13(18)17(2)14(16)19)24(20,21)15-10-7-9(22-3)5-6-11(10)23-4/h5-8,12,15H,1-4H3/q+1. The predicted octanol–water partition coefficient (Wildman–Crippen LogP) is 0.119. The van der Waals surface area contributed by atoms with E-state index in [1.165, 1.54) is 40.4 Å². The number of urea groups is 1. The number of sulfonamides is 1. The molecule has 1 aromatic rings. The Balaban J connectivity index is 2.42. The first kappa shape index (κ1) is 17.7. The summed E-state index contributed by atoms with van der Waals surface area (Å²) in [5.41, 5.74) is 0.125. The van der Waals surface area contributed by atoms with Crippen LogP contribution in [0.1, 0.15) is 0 Å². The van der Waals surface area contributed by atoms with E-state index in [-0.39, 0.29) is 11.4 Å². The van der Waals surface area contributed by atoms with E-state index >= 15 is 0 Å². The van der Waals surface area contributed by atoms with Crippen LogP contribution in [0.2, 0.25) is 0 Å². The van der Waals surface area contributed by atoms with E-state index in [0.29, 0.717) is 5.75 Å². The zero-order valence-corrected chi connectivity index (χ0v) is 14.5. The number of imide groups is 1. The van der Waals surface area contributed by atoms with Crippen molar-refractivity contribution >= 4 is 33.9 Å². The summed E-state index contributed by atoms with van der Waals surface area (Å²) in [5, 5.41) is -1.54. The number of amides is 3. The normalized spacial score (nSPS) is 18.2. The van der Waals surface area contributed by atoms with Gasteiger partial charge in [0.05, 0.1) is 34.0 Å². The first-order valence-corrected chi connectivity index (χ1v) is 8.39. The van der Waals surface area contributed by atoms with Crippen molar-refractivity contribution in [2.45, 2.75) is 5.25 Å². The lowest BCUT2D eigenvalue weighted by Crippen LogP contribution is -2.54. The summed E-state index contributed by atoms with van der Waals surface area (Å²) >= 11 is 0. The molecule has 0 saturated heterocycles. The third-order valence-corrected chi connectivity index (χ3v) is 5.01. The van der Waals surface area contributed by atoms with E-state index in [9.17, 15) is 18.0 Å². The number of hydrogen-bond donors (Lipinski definition) is 1. The molecule has 2 rings (SSSR count). The molecule has 1 aromatic carbocycles. The lowest BCUT2D eigenvalue weighted by Gasteiger charge is -2.20. The highest BCUT2D eigenvalue weighted by molar-refractivity contribution is 7.94. The summed E-state index contributed by atoms with van der Waals surface area (Å²) in [6.07, 6.45) is 1.06. The number of anilines is 1. The molecule has 1 atom stereocenters. The van der Waals surface area contributed by atoms with Crippen LogP contribution in [-0.4, -0.2) is 69.6 Å². The minimum Gasteiger partial charge on any atom is -0.497 e. The van der Waals surface area contributed by atoms with Gasteiger partial charge in [0.1, 0.15) is 17.7 Å². The van der Waals surface area contributed by atoms with Gasteiger partial charge in [-0.25, -0.2) is 17.8 Å². The first-order valence-electron chi connectivity index (χ1n) is 6.84. The van der Waals surface area contributed by atoms with E-state index in [0.717, 1.165) is 15.7 Å². The minimum atomic E-state index is -4.16. The van der Waals surface area contributed by atoms with E-state index in [1.807, 2.05) is 0 Å². The second-order valence-corrected chi connectivity index (χ2v) is 6.88. The monoisotopic (exact) mass is 356 g/mol. The fraction of sp³-hybridized carbons (Fsp3) is 0.357. The van der Waals surface area contributed by atoms with Crippen molar-refractivity contribution < 1.29 is 32.1 Å². The van der Waals surface area contributed by atoms with Crippen LogP contribution in [0.3, 0.4) is 0 Å². The Bertz CT molecular complexity index is 818. The summed E-state index contributed by atoms with van der Waals surface area (Å²) in [6, 6.07) is 3.97. The Labute approximate surface area is 139 Å². The molecular weight excluding hydrogens is 338 g/mol. The van der Waals surface area contributed by atoms with Gasteiger partial charge in [0.2, 0.25) is 5.25 Å². The smallest absolute Gasteiger partial charge is 0.497 e. The molecule has 0 aromatic heterocycles. The predicted molar refractivity (Wildman–Crippen MR) is 86.3 cm³/mol. The van der Waals surface area contributed by atoms with Crippen LogP contribution < -0.4 is 14.2 Å².